The molecule has 104 valence electrons. The van der Waals surface area contributed by atoms with Crippen molar-refractivity contribution >= 4 is 11.7 Å². The standard InChI is InChI=1S/C14H22N4O/c1-2-7-15-13-10-12(16-11-17-13)14(19)18-8-5-3-4-6-9-18/h10-11H,2-9H2,1H3,(H,15,16,17). The lowest BCUT2D eigenvalue weighted by Gasteiger charge is -2.19. The SMILES string of the molecule is CCCNc1cc(C(=O)N2CCCCCC2)ncn1. The molecule has 0 unspecified atom stereocenters. The maximum atomic E-state index is 12.4. The Bertz CT molecular complexity index is 414. The Labute approximate surface area is 114 Å². The molecule has 2 heterocycles. The van der Waals surface area contributed by atoms with Gasteiger partial charge in [-0.2, -0.15) is 0 Å². The summed E-state index contributed by atoms with van der Waals surface area (Å²) in [4.78, 5) is 22.5. The first-order valence-corrected chi connectivity index (χ1v) is 7.16. The van der Waals surface area contributed by atoms with E-state index < -0.39 is 0 Å². The fraction of sp³-hybridized carbons (Fsp3) is 0.643. The molecule has 2 rings (SSSR count). The molecule has 1 aromatic rings. The van der Waals surface area contributed by atoms with Crippen molar-refractivity contribution < 1.29 is 4.79 Å². The van der Waals surface area contributed by atoms with Gasteiger partial charge in [-0.15, -0.1) is 0 Å². The van der Waals surface area contributed by atoms with Crippen LogP contribution < -0.4 is 5.32 Å². The summed E-state index contributed by atoms with van der Waals surface area (Å²) in [5.74, 6) is 0.763. The Hall–Kier alpha value is -1.65. The summed E-state index contributed by atoms with van der Waals surface area (Å²) in [5, 5.41) is 3.18. The van der Waals surface area contributed by atoms with Crippen LogP contribution in [0, 0.1) is 0 Å². The zero-order valence-electron chi connectivity index (χ0n) is 11.6. The van der Waals surface area contributed by atoms with Crippen molar-refractivity contribution in [3.05, 3.63) is 18.1 Å². The summed E-state index contributed by atoms with van der Waals surface area (Å²) in [6.45, 7) is 4.65. The van der Waals surface area contributed by atoms with E-state index in [1.54, 1.807) is 6.07 Å². The summed E-state index contributed by atoms with van der Waals surface area (Å²) in [5.41, 5.74) is 0.496. The van der Waals surface area contributed by atoms with Crippen molar-refractivity contribution in [2.75, 3.05) is 25.0 Å². The molecule has 0 aromatic carbocycles. The second-order valence-corrected chi connectivity index (χ2v) is 4.92. The van der Waals surface area contributed by atoms with Crippen molar-refractivity contribution in [1.29, 1.82) is 0 Å². The lowest BCUT2D eigenvalue weighted by Crippen LogP contribution is -2.32. The van der Waals surface area contributed by atoms with Crippen LogP contribution in [0.2, 0.25) is 0 Å². The molecular formula is C14H22N4O. The Morgan fingerprint density at radius 3 is 2.68 bits per heavy atom. The molecule has 19 heavy (non-hydrogen) atoms. The molecule has 0 atom stereocenters. The number of hydrogen-bond acceptors (Lipinski definition) is 4. The van der Waals surface area contributed by atoms with Crippen LogP contribution in [-0.4, -0.2) is 40.4 Å². The molecule has 1 aliphatic heterocycles. The van der Waals surface area contributed by atoms with Crippen molar-refractivity contribution in [3.8, 4) is 0 Å². The fourth-order valence-electron chi connectivity index (χ4n) is 2.26. The van der Waals surface area contributed by atoms with Crippen LogP contribution in [0.3, 0.4) is 0 Å². The topological polar surface area (TPSA) is 58.1 Å². The van der Waals surface area contributed by atoms with Crippen molar-refractivity contribution in [2.24, 2.45) is 0 Å². The minimum atomic E-state index is 0.0313. The third-order valence-corrected chi connectivity index (χ3v) is 3.34. The third kappa shape index (κ3) is 3.91. The first-order valence-electron chi connectivity index (χ1n) is 7.16. The van der Waals surface area contributed by atoms with Gasteiger partial charge in [0.25, 0.3) is 5.91 Å². The van der Waals surface area contributed by atoms with Crippen LogP contribution in [0.15, 0.2) is 12.4 Å². The lowest BCUT2D eigenvalue weighted by molar-refractivity contribution is 0.0755. The van der Waals surface area contributed by atoms with Gasteiger partial charge in [0.05, 0.1) is 0 Å². The second-order valence-electron chi connectivity index (χ2n) is 4.92. The van der Waals surface area contributed by atoms with Gasteiger partial charge in [0, 0.05) is 25.7 Å². The molecule has 1 saturated heterocycles. The first-order chi connectivity index (χ1) is 9.31. The minimum Gasteiger partial charge on any atom is -0.370 e. The summed E-state index contributed by atoms with van der Waals surface area (Å²) in [6.07, 6.45) is 7.12. The van der Waals surface area contributed by atoms with E-state index in [1.165, 1.54) is 19.2 Å². The first kappa shape index (κ1) is 13.8. The molecule has 0 radical (unpaired) electrons. The number of amides is 1. The number of carbonyl (C=O) groups is 1. The quantitative estimate of drug-likeness (QED) is 0.904. The number of nitrogens with one attached hydrogen (secondary N) is 1. The molecule has 1 aliphatic rings. The highest BCUT2D eigenvalue weighted by atomic mass is 16.2. The highest BCUT2D eigenvalue weighted by Crippen LogP contribution is 2.13. The Morgan fingerprint density at radius 1 is 1.26 bits per heavy atom. The predicted octanol–water partition coefficient (Wildman–Crippen LogP) is 2.31. The number of carbonyl (C=O) groups excluding carboxylic acids is 1. The highest BCUT2D eigenvalue weighted by molar-refractivity contribution is 5.92. The fourth-order valence-corrected chi connectivity index (χ4v) is 2.26. The molecule has 5 heteroatoms. The van der Waals surface area contributed by atoms with Crippen LogP contribution >= 0.6 is 0 Å². The van der Waals surface area contributed by atoms with Gasteiger partial charge in [-0.25, -0.2) is 9.97 Å². The van der Waals surface area contributed by atoms with Gasteiger partial charge in [-0.3, -0.25) is 4.79 Å². The average molecular weight is 262 g/mol. The van der Waals surface area contributed by atoms with Gasteiger partial charge in [-0.1, -0.05) is 19.8 Å². The summed E-state index contributed by atoms with van der Waals surface area (Å²) in [6, 6.07) is 1.75. The molecule has 0 spiro atoms. The van der Waals surface area contributed by atoms with Gasteiger partial charge in [0.15, 0.2) is 0 Å². The Kier molecular flexibility index (Phi) is 5.12. The summed E-state index contributed by atoms with van der Waals surface area (Å²) >= 11 is 0. The maximum Gasteiger partial charge on any atom is 0.272 e. The largest absolute Gasteiger partial charge is 0.370 e. The van der Waals surface area contributed by atoms with E-state index in [0.717, 1.165) is 44.7 Å². The van der Waals surface area contributed by atoms with Crippen molar-refractivity contribution in [3.63, 3.8) is 0 Å². The Morgan fingerprint density at radius 2 is 2.00 bits per heavy atom. The van der Waals surface area contributed by atoms with Crippen molar-refractivity contribution in [1.82, 2.24) is 14.9 Å². The molecule has 1 amide bonds. The lowest BCUT2D eigenvalue weighted by atomic mass is 10.2. The Balaban J connectivity index is 2.04. The zero-order valence-corrected chi connectivity index (χ0v) is 11.6. The smallest absolute Gasteiger partial charge is 0.272 e. The number of nitrogens with zero attached hydrogens (tertiary/aromatic N) is 3. The zero-order chi connectivity index (χ0) is 13.5. The van der Waals surface area contributed by atoms with E-state index in [9.17, 15) is 4.79 Å². The van der Waals surface area contributed by atoms with Gasteiger partial charge in [0.2, 0.25) is 0 Å². The normalized spacial score (nSPS) is 15.9. The van der Waals surface area contributed by atoms with Crippen LogP contribution in [0.5, 0.6) is 0 Å². The van der Waals surface area contributed by atoms with Crippen LogP contribution in [-0.2, 0) is 0 Å². The van der Waals surface area contributed by atoms with Gasteiger partial charge in [-0.05, 0) is 19.3 Å². The molecule has 5 nitrogen and oxygen atoms in total. The minimum absolute atomic E-state index is 0.0313. The predicted molar refractivity (Wildman–Crippen MR) is 75.2 cm³/mol. The maximum absolute atomic E-state index is 12.4. The number of aromatic nitrogens is 2. The molecular weight excluding hydrogens is 240 g/mol. The van der Waals surface area contributed by atoms with Crippen molar-refractivity contribution in [2.45, 2.75) is 39.0 Å². The van der Waals surface area contributed by atoms with E-state index in [2.05, 4.69) is 22.2 Å². The van der Waals surface area contributed by atoms with E-state index >= 15 is 0 Å². The van der Waals surface area contributed by atoms with Gasteiger partial charge in [0.1, 0.15) is 17.8 Å². The molecule has 0 bridgehead atoms. The van der Waals surface area contributed by atoms with E-state index in [4.69, 9.17) is 0 Å². The highest BCUT2D eigenvalue weighted by Gasteiger charge is 2.18. The van der Waals surface area contributed by atoms with Gasteiger partial charge < -0.3 is 10.2 Å². The second kappa shape index (κ2) is 7.07. The molecule has 1 aromatic heterocycles. The molecule has 0 saturated carbocycles. The van der Waals surface area contributed by atoms with E-state index in [1.807, 2.05) is 4.90 Å². The molecule has 1 fully saturated rings. The number of rotatable bonds is 4. The monoisotopic (exact) mass is 262 g/mol. The van der Waals surface area contributed by atoms with Crippen LogP contribution in [0.4, 0.5) is 5.82 Å². The van der Waals surface area contributed by atoms with E-state index in [0.29, 0.717) is 5.69 Å². The number of anilines is 1. The summed E-state index contributed by atoms with van der Waals surface area (Å²) in [7, 11) is 0. The number of likely N-dealkylation sites (tertiary alicyclic amines) is 1. The molecule has 0 aliphatic carbocycles. The molecule has 1 N–H and O–H groups in total. The number of hydrogen-bond donors (Lipinski definition) is 1. The van der Waals surface area contributed by atoms with Gasteiger partial charge >= 0.3 is 0 Å². The van der Waals surface area contributed by atoms with E-state index in [-0.39, 0.29) is 5.91 Å². The van der Waals surface area contributed by atoms with Crippen LogP contribution in [0.1, 0.15) is 49.5 Å². The summed E-state index contributed by atoms with van der Waals surface area (Å²) < 4.78 is 0. The van der Waals surface area contributed by atoms with Crippen LogP contribution in [0.25, 0.3) is 0 Å². The average Bonchev–Trinajstić information content (AvgIpc) is 2.73. The third-order valence-electron chi connectivity index (χ3n) is 3.34.